The van der Waals surface area contributed by atoms with Crippen LogP contribution in [0, 0.1) is 34.5 Å². The highest BCUT2D eigenvalue weighted by Gasteiger charge is 2.60. The van der Waals surface area contributed by atoms with Gasteiger partial charge in [0.15, 0.2) is 0 Å². The minimum absolute atomic E-state index is 0.0762. The highest BCUT2D eigenvalue weighted by Crippen LogP contribution is 2.66. The molecular formula is C34H46N2O5. The molecule has 0 saturated heterocycles. The van der Waals surface area contributed by atoms with Gasteiger partial charge in [-0.1, -0.05) is 13.8 Å². The predicted molar refractivity (Wildman–Crippen MR) is 160 cm³/mol. The minimum Gasteiger partial charge on any atom is -0.423 e. The largest absolute Gasteiger partial charge is 0.423 e. The average Bonchev–Trinajstić information content (AvgIpc) is 3.28. The van der Waals surface area contributed by atoms with Crippen molar-refractivity contribution in [3.05, 3.63) is 40.2 Å². The number of rotatable bonds is 7. The Morgan fingerprint density at radius 1 is 1.02 bits per heavy atom. The van der Waals surface area contributed by atoms with Gasteiger partial charge in [0.1, 0.15) is 18.0 Å². The van der Waals surface area contributed by atoms with Crippen molar-refractivity contribution in [3.8, 4) is 0 Å². The van der Waals surface area contributed by atoms with Crippen LogP contribution in [0.1, 0.15) is 77.2 Å². The molecule has 7 atom stereocenters. The van der Waals surface area contributed by atoms with E-state index < -0.39 is 0 Å². The molecular weight excluding hydrogens is 516 g/mol. The number of ketones is 1. The number of fused-ring (bicyclic) bond motifs is 6. The number of nitrogens with zero attached hydrogens (tertiary/aromatic N) is 1. The Balaban J connectivity index is 1.03. The Morgan fingerprint density at radius 2 is 1.83 bits per heavy atom. The maximum atomic E-state index is 12.8. The van der Waals surface area contributed by atoms with Gasteiger partial charge in [0, 0.05) is 56.7 Å². The van der Waals surface area contributed by atoms with Gasteiger partial charge < -0.3 is 19.4 Å². The van der Waals surface area contributed by atoms with Crippen molar-refractivity contribution >= 4 is 28.3 Å². The van der Waals surface area contributed by atoms with Crippen molar-refractivity contribution in [2.45, 2.75) is 84.2 Å². The van der Waals surface area contributed by atoms with Crippen LogP contribution >= 0.6 is 0 Å². The Bertz CT molecular complexity index is 1380. The normalized spacial score (nSPS) is 34.5. The lowest BCUT2D eigenvalue weighted by Gasteiger charge is -2.60. The molecule has 1 aromatic heterocycles. The summed E-state index contributed by atoms with van der Waals surface area (Å²) in [5.41, 5.74) is 2.46. The number of amides is 1. The lowest BCUT2D eigenvalue weighted by atomic mass is 9.45. The molecule has 0 aliphatic heterocycles. The molecule has 0 unspecified atom stereocenters. The van der Waals surface area contributed by atoms with Gasteiger partial charge in [-0.25, -0.2) is 4.79 Å². The number of benzene rings is 1. The molecule has 6 rings (SSSR count). The van der Waals surface area contributed by atoms with Crippen LogP contribution in [-0.2, 0) is 20.7 Å². The fourth-order valence-corrected chi connectivity index (χ4v) is 9.54. The third-order valence-corrected chi connectivity index (χ3v) is 11.9. The molecule has 1 N–H and O–H groups in total. The summed E-state index contributed by atoms with van der Waals surface area (Å²) in [4.78, 5) is 39.1. The Kier molecular flexibility index (Phi) is 7.54. The first-order valence-corrected chi connectivity index (χ1v) is 15.7. The molecule has 0 bridgehead atoms. The Morgan fingerprint density at radius 3 is 2.63 bits per heavy atom. The van der Waals surface area contributed by atoms with Gasteiger partial charge in [0.25, 0.3) is 0 Å². The van der Waals surface area contributed by atoms with E-state index in [1.807, 2.05) is 37.2 Å². The van der Waals surface area contributed by atoms with Gasteiger partial charge >= 0.3 is 5.63 Å². The number of nitrogens with one attached hydrogen (secondary N) is 1. The first kappa shape index (κ1) is 28.4. The van der Waals surface area contributed by atoms with Gasteiger partial charge in [-0.2, -0.15) is 0 Å². The van der Waals surface area contributed by atoms with Crippen LogP contribution in [0.15, 0.2) is 33.5 Å². The van der Waals surface area contributed by atoms with Crippen LogP contribution in [0.4, 0.5) is 5.69 Å². The van der Waals surface area contributed by atoms with Gasteiger partial charge in [-0.05, 0) is 104 Å². The van der Waals surface area contributed by atoms with Gasteiger partial charge in [-0.15, -0.1) is 0 Å². The summed E-state index contributed by atoms with van der Waals surface area (Å²) < 4.78 is 11.8. The molecule has 1 aromatic carbocycles. The summed E-state index contributed by atoms with van der Waals surface area (Å²) in [6, 6.07) is 7.37. The van der Waals surface area contributed by atoms with E-state index in [1.54, 1.807) is 0 Å². The molecule has 4 aliphatic rings. The molecule has 4 aliphatic carbocycles. The molecule has 0 radical (unpaired) electrons. The summed E-state index contributed by atoms with van der Waals surface area (Å²) in [5.74, 6) is 3.04. The molecule has 2 aromatic rings. The van der Waals surface area contributed by atoms with Crippen LogP contribution in [-0.4, -0.2) is 45.0 Å². The van der Waals surface area contributed by atoms with Crippen molar-refractivity contribution in [1.29, 1.82) is 0 Å². The van der Waals surface area contributed by atoms with Crippen molar-refractivity contribution in [3.63, 3.8) is 0 Å². The molecule has 222 valence electrons. The van der Waals surface area contributed by atoms with Crippen LogP contribution in [0.25, 0.3) is 11.0 Å². The monoisotopic (exact) mass is 562 g/mol. The first-order chi connectivity index (χ1) is 19.6. The number of ether oxygens (including phenoxy) is 1. The summed E-state index contributed by atoms with van der Waals surface area (Å²) in [5, 5.41) is 3.90. The number of carbonyl (C=O) groups excluding carboxylic acids is 2. The fourth-order valence-electron chi connectivity index (χ4n) is 9.54. The molecule has 7 nitrogen and oxygen atoms in total. The summed E-state index contributed by atoms with van der Waals surface area (Å²) >= 11 is 0. The van der Waals surface area contributed by atoms with Crippen molar-refractivity contribution in [2.24, 2.45) is 34.5 Å². The topological polar surface area (TPSA) is 88.9 Å². The predicted octanol–water partition coefficient (Wildman–Crippen LogP) is 5.51. The minimum atomic E-state index is -0.378. The van der Waals surface area contributed by atoms with E-state index in [2.05, 4.69) is 19.2 Å². The number of hydrogen-bond donors (Lipinski definition) is 1. The van der Waals surface area contributed by atoms with Crippen molar-refractivity contribution < 1.29 is 18.7 Å². The average molecular weight is 563 g/mol. The fraction of sp³-hybridized carbons (Fsp3) is 0.676. The number of anilines is 1. The lowest BCUT2D eigenvalue weighted by molar-refractivity contribution is -0.148. The Labute approximate surface area is 243 Å². The highest BCUT2D eigenvalue weighted by molar-refractivity contribution is 5.84. The van der Waals surface area contributed by atoms with E-state index in [1.165, 1.54) is 31.7 Å². The summed E-state index contributed by atoms with van der Waals surface area (Å²) in [6.07, 6.45) is 10.3. The van der Waals surface area contributed by atoms with Crippen LogP contribution in [0.5, 0.6) is 0 Å². The quantitative estimate of drug-likeness (QED) is 0.448. The number of carbonyl (C=O) groups is 2. The Hall–Kier alpha value is -2.67. The SMILES string of the molecule is CN(C)c1ccc2c(CCNC(=O)CO[C@H]3CC[C@H]4[C@@H]5CC[C@H]6CC(=O)CC[C@]6(C)[C@H]5CC[C@]34C)cc(=O)oc2c1. The van der Waals surface area contributed by atoms with Gasteiger partial charge in [0.2, 0.25) is 5.91 Å². The van der Waals surface area contributed by atoms with E-state index in [9.17, 15) is 14.4 Å². The smallest absolute Gasteiger partial charge is 0.336 e. The third-order valence-electron chi connectivity index (χ3n) is 11.9. The third kappa shape index (κ3) is 5.13. The van der Waals surface area contributed by atoms with Crippen LogP contribution in [0.2, 0.25) is 0 Å². The van der Waals surface area contributed by atoms with E-state index in [0.29, 0.717) is 41.6 Å². The maximum absolute atomic E-state index is 12.8. The second-order valence-corrected chi connectivity index (χ2v) is 14.1. The molecule has 0 spiro atoms. The number of hydrogen-bond acceptors (Lipinski definition) is 6. The number of Topliss-reactive ketones (excluding diaryl/α,β-unsaturated/α-hetero) is 1. The van der Waals surface area contributed by atoms with E-state index in [-0.39, 0.29) is 29.7 Å². The summed E-state index contributed by atoms with van der Waals surface area (Å²) in [6.45, 7) is 5.42. The second-order valence-electron chi connectivity index (χ2n) is 14.1. The van der Waals surface area contributed by atoms with Crippen LogP contribution in [0.3, 0.4) is 0 Å². The zero-order valence-electron chi connectivity index (χ0n) is 25.2. The molecule has 41 heavy (non-hydrogen) atoms. The standard InChI is InChI=1S/C34H46N2O5/c1-33-14-11-24(37)18-22(33)5-7-26-27-9-10-30(34(27,2)15-12-28(26)33)40-20-31(38)35-16-13-21-17-32(39)41-29-19-23(36(3)4)6-8-25(21)29/h6,8,17,19,22,26-28,30H,5,7,9-16,18,20H2,1-4H3,(H,35,38)/t22-,26-,27-,28-,30-,33-,34-/m0/s1. The zero-order valence-corrected chi connectivity index (χ0v) is 25.2. The van der Waals surface area contributed by atoms with Gasteiger partial charge in [-0.3, -0.25) is 9.59 Å². The van der Waals surface area contributed by atoms with E-state index >= 15 is 0 Å². The molecule has 4 saturated carbocycles. The molecule has 1 heterocycles. The molecule has 4 fully saturated rings. The molecule has 7 heteroatoms. The van der Waals surface area contributed by atoms with E-state index in [4.69, 9.17) is 9.15 Å². The van der Waals surface area contributed by atoms with E-state index in [0.717, 1.165) is 60.6 Å². The highest BCUT2D eigenvalue weighted by atomic mass is 16.5. The molecule has 1 amide bonds. The zero-order chi connectivity index (χ0) is 28.9. The maximum Gasteiger partial charge on any atom is 0.336 e. The van der Waals surface area contributed by atoms with Gasteiger partial charge in [0.05, 0.1) is 6.10 Å². The lowest BCUT2D eigenvalue weighted by Crippen LogP contribution is -2.54. The van der Waals surface area contributed by atoms with Crippen molar-refractivity contribution in [1.82, 2.24) is 5.32 Å². The first-order valence-electron chi connectivity index (χ1n) is 15.7. The summed E-state index contributed by atoms with van der Waals surface area (Å²) in [7, 11) is 3.90. The second kappa shape index (κ2) is 10.9. The van der Waals surface area contributed by atoms with Crippen LogP contribution < -0.4 is 15.8 Å². The van der Waals surface area contributed by atoms with Crippen molar-refractivity contribution in [2.75, 3.05) is 32.1 Å².